The van der Waals surface area contributed by atoms with Crippen LogP contribution in [0.15, 0.2) is 50.2 Å². The second kappa shape index (κ2) is 11.3. The van der Waals surface area contributed by atoms with Crippen molar-refractivity contribution in [3.63, 3.8) is 0 Å². The summed E-state index contributed by atoms with van der Waals surface area (Å²) in [7, 11) is 0. The number of nitrogens with one attached hydrogen (secondary N) is 2. The van der Waals surface area contributed by atoms with Crippen molar-refractivity contribution in [1.82, 2.24) is 10.6 Å². The van der Waals surface area contributed by atoms with Crippen LogP contribution in [-0.4, -0.2) is 35.5 Å². The number of rotatable bonds is 9. The van der Waals surface area contributed by atoms with E-state index in [9.17, 15) is 24.3 Å². The molecule has 4 aromatic rings. The molecule has 2 heterocycles. The van der Waals surface area contributed by atoms with Gasteiger partial charge in [0.1, 0.15) is 17.2 Å². The van der Waals surface area contributed by atoms with Crippen LogP contribution in [0.4, 0.5) is 0 Å². The molecule has 2 aromatic heterocycles. The van der Waals surface area contributed by atoms with Gasteiger partial charge in [-0.1, -0.05) is 44.0 Å². The second-order valence-electron chi connectivity index (χ2n) is 9.63. The third kappa shape index (κ3) is 5.68. The summed E-state index contributed by atoms with van der Waals surface area (Å²) >= 11 is 6.04. The summed E-state index contributed by atoms with van der Waals surface area (Å²) in [4.78, 5) is 49.2. The van der Waals surface area contributed by atoms with Gasteiger partial charge in [0.2, 0.25) is 11.8 Å². The fraction of sp³-hybridized carbons (Fsp3) is 0.310. The van der Waals surface area contributed by atoms with Crippen molar-refractivity contribution in [2.24, 2.45) is 5.92 Å². The molecular formula is C29H29ClN2O7. The summed E-state index contributed by atoms with van der Waals surface area (Å²) in [6.45, 7) is 6.67. The smallest absolute Gasteiger partial charge is 0.340 e. The van der Waals surface area contributed by atoms with Gasteiger partial charge < -0.3 is 24.6 Å². The molecular weight excluding hydrogens is 524 g/mol. The molecule has 10 heteroatoms. The van der Waals surface area contributed by atoms with Crippen LogP contribution in [-0.2, 0) is 20.8 Å². The maximum absolute atomic E-state index is 12.9. The molecule has 3 N–H and O–H groups in total. The Hall–Kier alpha value is -4.11. The van der Waals surface area contributed by atoms with Crippen LogP contribution >= 0.6 is 11.6 Å². The lowest BCUT2D eigenvalue weighted by molar-refractivity contribution is -0.143. The van der Waals surface area contributed by atoms with E-state index in [1.54, 1.807) is 39.2 Å². The van der Waals surface area contributed by atoms with Crippen LogP contribution in [0.2, 0.25) is 5.02 Å². The summed E-state index contributed by atoms with van der Waals surface area (Å²) in [5.41, 5.74) is 3.46. The van der Waals surface area contributed by atoms with Gasteiger partial charge in [0.05, 0.1) is 24.8 Å². The number of carbonyl (C=O) groups is 3. The molecule has 0 aliphatic heterocycles. The van der Waals surface area contributed by atoms with Crippen molar-refractivity contribution in [2.45, 2.75) is 46.6 Å². The molecule has 0 fully saturated rings. The molecule has 2 atom stereocenters. The van der Waals surface area contributed by atoms with Gasteiger partial charge in [-0.2, -0.15) is 0 Å². The van der Waals surface area contributed by atoms with Crippen molar-refractivity contribution in [2.75, 3.05) is 6.54 Å². The lowest BCUT2D eigenvalue weighted by Crippen LogP contribution is -2.48. The summed E-state index contributed by atoms with van der Waals surface area (Å²) in [5.74, 6) is -2.63. The molecule has 0 aliphatic carbocycles. The van der Waals surface area contributed by atoms with Crippen LogP contribution in [0, 0.1) is 19.8 Å². The first-order valence-electron chi connectivity index (χ1n) is 12.5. The Morgan fingerprint density at radius 3 is 2.36 bits per heavy atom. The molecule has 204 valence electrons. The molecule has 9 nitrogen and oxygen atoms in total. The highest BCUT2D eigenvalue weighted by atomic mass is 35.5. The SMILES string of the molecule is CCC(C)C(NC(=O)CNC(=O)Cc1c(C)c2cc3c(-c4ccc(Cl)cc4)coc3c(C)c2oc1=O)C(=O)O. The van der Waals surface area contributed by atoms with E-state index >= 15 is 0 Å². The zero-order valence-corrected chi connectivity index (χ0v) is 22.8. The fourth-order valence-corrected chi connectivity index (χ4v) is 4.69. The predicted octanol–water partition coefficient (Wildman–Crippen LogP) is 4.75. The van der Waals surface area contributed by atoms with Gasteiger partial charge in [0.15, 0.2) is 0 Å². The molecule has 0 radical (unpaired) electrons. The second-order valence-corrected chi connectivity index (χ2v) is 10.1. The van der Waals surface area contributed by atoms with Gasteiger partial charge >= 0.3 is 11.6 Å². The summed E-state index contributed by atoms with van der Waals surface area (Å²) in [5, 5.41) is 16.3. The molecule has 2 amide bonds. The zero-order valence-electron chi connectivity index (χ0n) is 22.0. The number of hydrogen-bond acceptors (Lipinski definition) is 6. The van der Waals surface area contributed by atoms with Crippen molar-refractivity contribution >= 4 is 51.3 Å². The molecule has 0 saturated heterocycles. The number of halogens is 1. The van der Waals surface area contributed by atoms with Crippen LogP contribution in [0.3, 0.4) is 0 Å². The number of carbonyl (C=O) groups excluding carboxylic acids is 2. The number of benzene rings is 2. The third-order valence-electron chi connectivity index (χ3n) is 7.08. The zero-order chi connectivity index (χ0) is 28.4. The predicted molar refractivity (Wildman–Crippen MR) is 148 cm³/mol. The van der Waals surface area contributed by atoms with Crippen LogP contribution in [0.25, 0.3) is 33.1 Å². The molecule has 0 saturated carbocycles. The van der Waals surface area contributed by atoms with E-state index in [2.05, 4.69) is 10.6 Å². The molecule has 39 heavy (non-hydrogen) atoms. The van der Waals surface area contributed by atoms with Gasteiger partial charge in [-0.15, -0.1) is 0 Å². The highest BCUT2D eigenvalue weighted by molar-refractivity contribution is 6.30. The Labute approximate surface area is 229 Å². The first kappa shape index (κ1) is 27.9. The van der Waals surface area contributed by atoms with E-state index < -0.39 is 36.0 Å². The van der Waals surface area contributed by atoms with E-state index in [1.807, 2.05) is 25.1 Å². The number of fused-ring (bicyclic) bond motifs is 2. The minimum Gasteiger partial charge on any atom is -0.480 e. The number of amides is 2. The molecule has 0 aliphatic rings. The highest BCUT2D eigenvalue weighted by Crippen LogP contribution is 2.37. The average Bonchev–Trinajstić information content (AvgIpc) is 3.33. The average molecular weight is 553 g/mol. The quantitative estimate of drug-likeness (QED) is 0.255. The number of hydrogen-bond donors (Lipinski definition) is 3. The Kier molecular flexibility index (Phi) is 8.11. The monoisotopic (exact) mass is 552 g/mol. The summed E-state index contributed by atoms with van der Waals surface area (Å²) < 4.78 is 11.5. The van der Waals surface area contributed by atoms with Gasteiger partial charge in [0, 0.05) is 26.9 Å². The maximum atomic E-state index is 12.9. The van der Waals surface area contributed by atoms with Crippen LogP contribution in [0.5, 0.6) is 0 Å². The number of aryl methyl sites for hydroxylation is 2. The van der Waals surface area contributed by atoms with Crippen molar-refractivity contribution in [1.29, 1.82) is 0 Å². The van der Waals surface area contributed by atoms with E-state index in [1.165, 1.54) is 0 Å². The highest BCUT2D eigenvalue weighted by Gasteiger charge is 2.25. The number of furan rings is 1. The van der Waals surface area contributed by atoms with Crippen molar-refractivity contribution in [3.05, 3.63) is 68.7 Å². The van der Waals surface area contributed by atoms with E-state index in [0.717, 1.165) is 16.5 Å². The molecule has 0 spiro atoms. The van der Waals surface area contributed by atoms with Gasteiger partial charge in [-0.3, -0.25) is 9.59 Å². The van der Waals surface area contributed by atoms with E-state index in [0.29, 0.717) is 39.1 Å². The van der Waals surface area contributed by atoms with E-state index in [-0.39, 0.29) is 17.9 Å². The van der Waals surface area contributed by atoms with Gasteiger partial charge in [-0.25, -0.2) is 9.59 Å². The Morgan fingerprint density at radius 2 is 1.72 bits per heavy atom. The number of aliphatic carboxylic acids is 1. The van der Waals surface area contributed by atoms with Crippen molar-refractivity contribution < 1.29 is 28.3 Å². The molecule has 2 unspecified atom stereocenters. The standard InChI is InChI=1S/C29H29ClN2O7/c1-5-14(2)25(28(35)36)32-24(34)12-31-23(33)11-20-15(3)19-10-21-22(17-6-8-18(30)9-7-17)13-38-26(21)16(4)27(19)39-29(20)37/h6-10,13-14,25H,5,11-12H2,1-4H3,(H,31,33)(H,32,34)(H,35,36). The van der Waals surface area contributed by atoms with E-state index in [4.69, 9.17) is 20.4 Å². The minimum absolute atomic E-state index is 0.165. The number of carboxylic acid groups (broad SMARTS) is 1. The lowest BCUT2D eigenvalue weighted by atomic mass is 9.97. The molecule has 0 bridgehead atoms. The first-order valence-corrected chi connectivity index (χ1v) is 12.9. The largest absolute Gasteiger partial charge is 0.480 e. The minimum atomic E-state index is -1.14. The van der Waals surface area contributed by atoms with Crippen LogP contribution < -0.4 is 16.3 Å². The topological polar surface area (TPSA) is 139 Å². The first-order chi connectivity index (χ1) is 18.5. The van der Waals surface area contributed by atoms with Gasteiger partial charge in [-0.05, 0) is 49.1 Å². The molecule has 4 rings (SSSR count). The lowest BCUT2D eigenvalue weighted by Gasteiger charge is -2.20. The Balaban J connectivity index is 1.59. The van der Waals surface area contributed by atoms with Crippen molar-refractivity contribution in [3.8, 4) is 11.1 Å². The molecule has 2 aromatic carbocycles. The number of carboxylic acids is 1. The fourth-order valence-electron chi connectivity index (χ4n) is 4.56. The Bertz CT molecular complexity index is 1640. The Morgan fingerprint density at radius 1 is 1.03 bits per heavy atom. The summed E-state index contributed by atoms with van der Waals surface area (Å²) in [6, 6.07) is 8.16. The van der Waals surface area contributed by atoms with Gasteiger partial charge in [0.25, 0.3) is 0 Å². The third-order valence-corrected chi connectivity index (χ3v) is 7.33. The van der Waals surface area contributed by atoms with Crippen LogP contribution in [0.1, 0.15) is 37.0 Å². The summed E-state index contributed by atoms with van der Waals surface area (Å²) in [6.07, 6.45) is 1.90. The normalized spacial score (nSPS) is 12.8. The maximum Gasteiger partial charge on any atom is 0.340 e.